The zero-order chi connectivity index (χ0) is 14.0. The fraction of sp³-hybridized carbons (Fsp3) is 0.250. The number of halogens is 2. The average molecular weight is 339 g/mol. The minimum atomic E-state index is 0.0855. The highest BCUT2D eigenvalue weighted by Crippen LogP contribution is 2.33. The Kier molecular flexibility index (Phi) is 4.67. The normalized spacial score (nSPS) is 12.5. The maximum absolute atomic E-state index is 6.42. The van der Waals surface area contributed by atoms with Crippen molar-refractivity contribution in [1.82, 2.24) is 5.32 Å². The zero-order valence-electron chi connectivity index (χ0n) is 11.3. The third kappa shape index (κ3) is 3.02. The van der Waals surface area contributed by atoms with Gasteiger partial charge in [-0.1, -0.05) is 51.8 Å². The van der Waals surface area contributed by atoms with Gasteiger partial charge in [0, 0.05) is 9.50 Å². The predicted octanol–water partition coefficient (Wildman–Crippen LogP) is 5.03. The molecule has 0 saturated carbocycles. The lowest BCUT2D eigenvalue weighted by molar-refractivity contribution is 0.688. The van der Waals surface area contributed by atoms with Gasteiger partial charge in [0.2, 0.25) is 0 Å². The molecule has 100 valence electrons. The molecule has 0 bridgehead atoms. The van der Waals surface area contributed by atoms with Gasteiger partial charge in [-0.15, -0.1) is 0 Å². The molecular weight excluding hydrogens is 322 g/mol. The summed E-state index contributed by atoms with van der Waals surface area (Å²) in [5.41, 5.74) is 4.77. The van der Waals surface area contributed by atoms with Crippen molar-refractivity contribution in [1.29, 1.82) is 0 Å². The molecule has 0 spiro atoms. The van der Waals surface area contributed by atoms with E-state index in [9.17, 15) is 0 Å². The summed E-state index contributed by atoms with van der Waals surface area (Å²) in [6.45, 7) is 4.19. The first-order valence-electron chi connectivity index (χ1n) is 6.23. The minimum absolute atomic E-state index is 0.0855. The Balaban J connectivity index is 2.55. The van der Waals surface area contributed by atoms with Crippen molar-refractivity contribution >= 4 is 27.5 Å². The lowest BCUT2D eigenvalue weighted by atomic mass is 9.95. The van der Waals surface area contributed by atoms with Crippen LogP contribution in [0, 0.1) is 13.8 Å². The van der Waals surface area contributed by atoms with Crippen molar-refractivity contribution in [3.05, 3.63) is 68.1 Å². The fourth-order valence-electron chi connectivity index (χ4n) is 2.21. The smallest absolute Gasteiger partial charge is 0.0600 e. The van der Waals surface area contributed by atoms with E-state index in [4.69, 9.17) is 11.6 Å². The Morgan fingerprint density at radius 3 is 2.32 bits per heavy atom. The first kappa shape index (κ1) is 14.6. The Bertz CT molecular complexity index is 595. The van der Waals surface area contributed by atoms with Gasteiger partial charge >= 0.3 is 0 Å². The van der Waals surface area contributed by atoms with Crippen LogP contribution in [0.1, 0.15) is 28.3 Å². The van der Waals surface area contributed by atoms with E-state index in [2.05, 4.69) is 53.3 Å². The van der Waals surface area contributed by atoms with Gasteiger partial charge in [0.05, 0.1) is 6.04 Å². The molecule has 0 heterocycles. The Labute approximate surface area is 128 Å². The standard InChI is InChI=1S/C16H17BrClN/c1-10-8-13(15(18)9-11(10)2)16(19-3)12-6-4-5-7-14(12)17/h4-9,16,19H,1-3H3. The highest BCUT2D eigenvalue weighted by Gasteiger charge is 2.18. The maximum atomic E-state index is 6.42. The molecule has 1 unspecified atom stereocenters. The van der Waals surface area contributed by atoms with Crippen molar-refractivity contribution < 1.29 is 0 Å². The van der Waals surface area contributed by atoms with E-state index < -0.39 is 0 Å². The molecule has 0 aliphatic carbocycles. The van der Waals surface area contributed by atoms with Crippen molar-refractivity contribution in [2.45, 2.75) is 19.9 Å². The van der Waals surface area contributed by atoms with Crippen molar-refractivity contribution in [2.75, 3.05) is 7.05 Å². The first-order valence-corrected chi connectivity index (χ1v) is 7.40. The van der Waals surface area contributed by atoms with Crippen molar-refractivity contribution in [2.24, 2.45) is 0 Å². The molecule has 0 aliphatic heterocycles. The number of hydrogen-bond donors (Lipinski definition) is 1. The van der Waals surface area contributed by atoms with Gasteiger partial charge in [-0.2, -0.15) is 0 Å². The summed E-state index contributed by atoms with van der Waals surface area (Å²) in [6, 6.07) is 12.5. The summed E-state index contributed by atoms with van der Waals surface area (Å²) in [5, 5.41) is 4.15. The number of nitrogens with one attached hydrogen (secondary N) is 1. The second kappa shape index (κ2) is 6.08. The molecule has 0 radical (unpaired) electrons. The Hall–Kier alpha value is -0.830. The summed E-state index contributed by atoms with van der Waals surface area (Å²) in [6.07, 6.45) is 0. The molecule has 3 heteroatoms. The summed E-state index contributed by atoms with van der Waals surface area (Å²) < 4.78 is 1.09. The van der Waals surface area contributed by atoms with E-state index in [1.54, 1.807) is 0 Å². The molecule has 1 nitrogen and oxygen atoms in total. The van der Waals surface area contributed by atoms with E-state index in [0.717, 1.165) is 15.1 Å². The number of benzene rings is 2. The Morgan fingerprint density at radius 1 is 1.05 bits per heavy atom. The van der Waals surface area contributed by atoms with E-state index in [1.165, 1.54) is 16.7 Å². The number of hydrogen-bond acceptors (Lipinski definition) is 1. The van der Waals surface area contributed by atoms with Crippen LogP contribution in [0.2, 0.25) is 5.02 Å². The van der Waals surface area contributed by atoms with Crippen LogP contribution in [0.5, 0.6) is 0 Å². The van der Waals surface area contributed by atoms with E-state index in [-0.39, 0.29) is 6.04 Å². The molecule has 0 aromatic heterocycles. The van der Waals surface area contributed by atoms with Crippen LogP contribution in [0.3, 0.4) is 0 Å². The highest BCUT2D eigenvalue weighted by molar-refractivity contribution is 9.10. The van der Waals surface area contributed by atoms with Crippen LogP contribution >= 0.6 is 27.5 Å². The fourth-order valence-corrected chi connectivity index (χ4v) is 3.05. The zero-order valence-corrected chi connectivity index (χ0v) is 13.6. The molecule has 2 aromatic carbocycles. The van der Waals surface area contributed by atoms with Gasteiger partial charge in [-0.05, 0) is 55.3 Å². The van der Waals surface area contributed by atoms with Gasteiger partial charge in [-0.25, -0.2) is 0 Å². The van der Waals surface area contributed by atoms with Crippen LogP contribution in [0.15, 0.2) is 40.9 Å². The molecule has 0 aliphatic rings. The SMILES string of the molecule is CNC(c1cc(C)c(C)cc1Cl)c1ccccc1Br. The summed E-state index contributed by atoms with van der Waals surface area (Å²) in [4.78, 5) is 0. The predicted molar refractivity (Wildman–Crippen MR) is 86.0 cm³/mol. The lowest BCUT2D eigenvalue weighted by Crippen LogP contribution is -2.18. The van der Waals surface area contributed by atoms with Crippen LogP contribution in [-0.2, 0) is 0 Å². The van der Waals surface area contributed by atoms with Crippen molar-refractivity contribution in [3.8, 4) is 0 Å². The lowest BCUT2D eigenvalue weighted by Gasteiger charge is -2.21. The Morgan fingerprint density at radius 2 is 1.68 bits per heavy atom. The van der Waals surface area contributed by atoms with Crippen LogP contribution in [0.4, 0.5) is 0 Å². The van der Waals surface area contributed by atoms with Crippen LogP contribution in [0.25, 0.3) is 0 Å². The second-order valence-electron chi connectivity index (χ2n) is 4.70. The van der Waals surface area contributed by atoms with Gasteiger partial charge in [0.1, 0.15) is 0 Å². The van der Waals surface area contributed by atoms with E-state index >= 15 is 0 Å². The molecule has 2 rings (SSSR count). The van der Waals surface area contributed by atoms with Gasteiger partial charge < -0.3 is 5.32 Å². The largest absolute Gasteiger partial charge is 0.309 e. The third-order valence-corrected chi connectivity index (χ3v) is 4.48. The quantitative estimate of drug-likeness (QED) is 0.828. The van der Waals surface area contributed by atoms with Gasteiger partial charge in [0.25, 0.3) is 0 Å². The molecule has 0 fully saturated rings. The molecule has 0 amide bonds. The molecule has 1 atom stereocenters. The summed E-state index contributed by atoms with van der Waals surface area (Å²) in [5.74, 6) is 0. The molecular formula is C16H17BrClN. The first-order chi connectivity index (χ1) is 9.04. The highest BCUT2D eigenvalue weighted by atomic mass is 79.9. The monoisotopic (exact) mass is 337 g/mol. The topological polar surface area (TPSA) is 12.0 Å². The van der Waals surface area contributed by atoms with Crippen molar-refractivity contribution in [3.63, 3.8) is 0 Å². The molecule has 0 saturated heterocycles. The number of rotatable bonds is 3. The molecule has 2 aromatic rings. The molecule has 1 N–H and O–H groups in total. The summed E-state index contributed by atoms with van der Waals surface area (Å²) in [7, 11) is 1.95. The maximum Gasteiger partial charge on any atom is 0.0600 e. The minimum Gasteiger partial charge on any atom is -0.309 e. The summed E-state index contributed by atoms with van der Waals surface area (Å²) >= 11 is 10.0. The van der Waals surface area contributed by atoms with Gasteiger partial charge in [0.15, 0.2) is 0 Å². The van der Waals surface area contributed by atoms with E-state index in [1.807, 2.05) is 25.2 Å². The third-order valence-electron chi connectivity index (χ3n) is 3.43. The van der Waals surface area contributed by atoms with E-state index in [0.29, 0.717) is 0 Å². The average Bonchev–Trinajstić information content (AvgIpc) is 2.38. The molecule has 19 heavy (non-hydrogen) atoms. The van der Waals surface area contributed by atoms with Crippen LogP contribution < -0.4 is 5.32 Å². The number of aryl methyl sites for hydroxylation is 2. The van der Waals surface area contributed by atoms with Crippen LogP contribution in [-0.4, -0.2) is 7.05 Å². The second-order valence-corrected chi connectivity index (χ2v) is 5.96. The van der Waals surface area contributed by atoms with Gasteiger partial charge in [-0.3, -0.25) is 0 Å².